The normalized spacial score (nSPS) is 31.5. The van der Waals surface area contributed by atoms with Crippen molar-refractivity contribution in [2.24, 2.45) is 29.6 Å². The lowest BCUT2D eigenvalue weighted by molar-refractivity contribution is -0.133. The van der Waals surface area contributed by atoms with Crippen molar-refractivity contribution in [1.82, 2.24) is 19.8 Å². The van der Waals surface area contributed by atoms with Crippen LogP contribution in [0.25, 0.3) is 0 Å². The molecule has 2 heterocycles. The second kappa shape index (κ2) is 8.19. The standard InChI is InChI=1S/C24H33N5O/c1-3-5-28(2)14-23(30)29-6-4-20-22(13-29)26-15-27-24(20)25-12-21-18-8-16-7-17(10-18)11-19(21)9-16/h1,15-19,21H,4-14H2,2H3,(H,25,26,27). The van der Waals surface area contributed by atoms with Crippen LogP contribution in [0.3, 0.4) is 0 Å². The summed E-state index contributed by atoms with van der Waals surface area (Å²) in [5.41, 5.74) is 2.18. The summed E-state index contributed by atoms with van der Waals surface area (Å²) in [4.78, 5) is 25.5. The van der Waals surface area contributed by atoms with Crippen LogP contribution in [0, 0.1) is 41.9 Å². The van der Waals surface area contributed by atoms with Crippen LogP contribution >= 0.6 is 0 Å². The highest BCUT2D eigenvalue weighted by molar-refractivity contribution is 5.78. The smallest absolute Gasteiger partial charge is 0.237 e. The zero-order valence-electron chi connectivity index (χ0n) is 18.0. The van der Waals surface area contributed by atoms with Crippen LogP contribution in [0.2, 0.25) is 0 Å². The zero-order chi connectivity index (χ0) is 20.7. The van der Waals surface area contributed by atoms with Gasteiger partial charge in [0.2, 0.25) is 5.91 Å². The molecule has 30 heavy (non-hydrogen) atoms. The maximum atomic E-state index is 12.6. The van der Waals surface area contributed by atoms with Gasteiger partial charge in [0.25, 0.3) is 0 Å². The summed E-state index contributed by atoms with van der Waals surface area (Å²) in [5.74, 6) is 8.35. The van der Waals surface area contributed by atoms with Gasteiger partial charge in [-0.05, 0) is 75.2 Å². The fourth-order valence-corrected chi connectivity index (χ4v) is 6.85. The van der Waals surface area contributed by atoms with Crippen molar-refractivity contribution in [3.05, 3.63) is 17.6 Å². The van der Waals surface area contributed by atoms with Crippen LogP contribution in [0.1, 0.15) is 43.4 Å². The molecule has 1 aliphatic heterocycles. The number of amides is 1. The summed E-state index contributed by atoms with van der Waals surface area (Å²) < 4.78 is 0. The van der Waals surface area contributed by atoms with E-state index in [2.05, 4.69) is 21.2 Å². The highest BCUT2D eigenvalue weighted by Gasteiger charge is 2.47. The van der Waals surface area contributed by atoms with Crippen molar-refractivity contribution in [2.75, 3.05) is 38.5 Å². The van der Waals surface area contributed by atoms with E-state index in [0.29, 0.717) is 19.6 Å². The van der Waals surface area contributed by atoms with E-state index >= 15 is 0 Å². The van der Waals surface area contributed by atoms with Gasteiger partial charge < -0.3 is 10.2 Å². The summed E-state index contributed by atoms with van der Waals surface area (Å²) in [5, 5.41) is 3.71. The van der Waals surface area contributed by atoms with Gasteiger partial charge in [0.05, 0.1) is 25.3 Å². The van der Waals surface area contributed by atoms with Gasteiger partial charge in [-0.2, -0.15) is 0 Å². The molecule has 1 aromatic heterocycles. The molecule has 0 radical (unpaired) electrons. The topological polar surface area (TPSA) is 61.4 Å². The van der Waals surface area contributed by atoms with Crippen molar-refractivity contribution in [3.63, 3.8) is 0 Å². The lowest BCUT2D eigenvalue weighted by atomic mass is 9.52. The van der Waals surface area contributed by atoms with E-state index in [1.165, 1.54) is 37.7 Å². The predicted octanol–water partition coefficient (Wildman–Crippen LogP) is 2.41. The minimum Gasteiger partial charge on any atom is -0.369 e. The van der Waals surface area contributed by atoms with Crippen LogP contribution in [0.15, 0.2) is 6.33 Å². The summed E-state index contributed by atoms with van der Waals surface area (Å²) in [6, 6.07) is 0. The molecule has 1 aromatic rings. The monoisotopic (exact) mass is 407 g/mol. The van der Waals surface area contributed by atoms with E-state index in [9.17, 15) is 4.79 Å². The minimum absolute atomic E-state index is 0.111. The van der Waals surface area contributed by atoms with Gasteiger partial charge in [0.1, 0.15) is 12.1 Å². The predicted molar refractivity (Wildman–Crippen MR) is 117 cm³/mol. The van der Waals surface area contributed by atoms with Gasteiger partial charge in [-0.25, -0.2) is 9.97 Å². The maximum absolute atomic E-state index is 12.6. The van der Waals surface area contributed by atoms with Gasteiger partial charge in [0, 0.05) is 18.7 Å². The molecule has 4 bridgehead atoms. The van der Waals surface area contributed by atoms with Crippen LogP contribution < -0.4 is 5.32 Å². The maximum Gasteiger partial charge on any atom is 0.237 e. The Morgan fingerprint density at radius 3 is 2.67 bits per heavy atom. The lowest BCUT2D eigenvalue weighted by Crippen LogP contribution is -2.47. The first-order valence-electron chi connectivity index (χ1n) is 11.6. The number of terminal acetylenes is 1. The third kappa shape index (κ3) is 3.80. The van der Waals surface area contributed by atoms with Gasteiger partial charge >= 0.3 is 0 Å². The number of anilines is 1. The molecule has 4 saturated carbocycles. The Kier molecular flexibility index (Phi) is 5.41. The van der Waals surface area contributed by atoms with E-state index in [1.54, 1.807) is 6.33 Å². The fraction of sp³-hybridized carbons (Fsp3) is 0.708. The second-order valence-electron chi connectivity index (χ2n) is 10.1. The first-order chi connectivity index (χ1) is 14.6. The number of carbonyl (C=O) groups excluding carboxylic acids is 1. The van der Waals surface area contributed by atoms with Crippen LogP contribution in [0.4, 0.5) is 5.82 Å². The lowest BCUT2D eigenvalue weighted by Gasteiger charge is -2.54. The number of rotatable bonds is 6. The molecular weight excluding hydrogens is 374 g/mol. The summed E-state index contributed by atoms with van der Waals surface area (Å²) in [6.45, 7) is 3.15. The quantitative estimate of drug-likeness (QED) is 0.734. The zero-order valence-corrected chi connectivity index (χ0v) is 18.0. The average molecular weight is 408 g/mol. The number of likely N-dealkylation sites (N-methyl/N-ethyl adjacent to an activating group) is 1. The molecule has 6 rings (SSSR count). The molecule has 6 heteroatoms. The van der Waals surface area contributed by atoms with Gasteiger partial charge in [-0.1, -0.05) is 5.92 Å². The van der Waals surface area contributed by atoms with Gasteiger partial charge in [-0.15, -0.1) is 6.42 Å². The molecule has 4 fully saturated rings. The van der Waals surface area contributed by atoms with E-state index in [4.69, 9.17) is 6.42 Å². The molecule has 0 saturated heterocycles. The molecule has 5 aliphatic rings. The van der Waals surface area contributed by atoms with E-state index < -0.39 is 0 Å². The first kappa shape index (κ1) is 19.8. The Hall–Kier alpha value is -2.13. The third-order valence-electron chi connectivity index (χ3n) is 8.05. The number of fused-ring (bicyclic) bond motifs is 1. The number of nitrogens with zero attached hydrogens (tertiary/aromatic N) is 4. The SMILES string of the molecule is C#CCN(C)CC(=O)N1CCc2c(ncnc2NCC2C3CC4CC(C3)CC2C4)C1. The van der Waals surface area contributed by atoms with E-state index in [1.807, 2.05) is 16.8 Å². The van der Waals surface area contributed by atoms with Gasteiger partial charge in [0.15, 0.2) is 0 Å². The van der Waals surface area contributed by atoms with Crippen molar-refractivity contribution >= 4 is 11.7 Å². The average Bonchev–Trinajstić information content (AvgIpc) is 2.72. The molecule has 1 N–H and O–H groups in total. The highest BCUT2D eigenvalue weighted by atomic mass is 16.2. The van der Waals surface area contributed by atoms with E-state index in [-0.39, 0.29) is 5.91 Å². The summed E-state index contributed by atoms with van der Waals surface area (Å²) in [6.07, 6.45) is 15.1. The molecule has 0 spiro atoms. The minimum atomic E-state index is 0.111. The Morgan fingerprint density at radius 1 is 1.23 bits per heavy atom. The Balaban J connectivity index is 1.22. The number of nitrogens with one attached hydrogen (secondary N) is 1. The molecule has 160 valence electrons. The third-order valence-corrected chi connectivity index (χ3v) is 8.05. The van der Waals surface area contributed by atoms with Crippen molar-refractivity contribution < 1.29 is 4.79 Å². The Labute approximate surface area is 179 Å². The largest absolute Gasteiger partial charge is 0.369 e. The molecular formula is C24H33N5O. The van der Waals surface area contributed by atoms with Crippen molar-refractivity contribution in [1.29, 1.82) is 0 Å². The van der Waals surface area contributed by atoms with Crippen LogP contribution in [0.5, 0.6) is 0 Å². The molecule has 1 amide bonds. The molecule has 0 aromatic carbocycles. The number of hydrogen-bond donors (Lipinski definition) is 1. The number of carbonyl (C=O) groups is 1. The highest BCUT2D eigenvalue weighted by Crippen LogP contribution is 2.56. The summed E-state index contributed by atoms with van der Waals surface area (Å²) in [7, 11) is 1.88. The summed E-state index contributed by atoms with van der Waals surface area (Å²) >= 11 is 0. The van der Waals surface area contributed by atoms with Crippen LogP contribution in [-0.4, -0.2) is 58.9 Å². The number of hydrogen-bond acceptors (Lipinski definition) is 5. The fourth-order valence-electron chi connectivity index (χ4n) is 6.85. The van der Waals surface area contributed by atoms with Gasteiger partial charge in [-0.3, -0.25) is 9.69 Å². The molecule has 4 aliphatic carbocycles. The Bertz CT molecular complexity index is 818. The Morgan fingerprint density at radius 2 is 1.97 bits per heavy atom. The molecule has 0 unspecified atom stereocenters. The van der Waals surface area contributed by atoms with Crippen molar-refractivity contribution in [3.8, 4) is 12.3 Å². The molecule has 0 atom stereocenters. The van der Waals surface area contributed by atoms with Crippen molar-refractivity contribution in [2.45, 2.75) is 45.1 Å². The number of aromatic nitrogens is 2. The first-order valence-corrected chi connectivity index (χ1v) is 11.6. The molecule has 6 nitrogen and oxygen atoms in total. The second-order valence-corrected chi connectivity index (χ2v) is 10.1. The van der Waals surface area contributed by atoms with Crippen LogP contribution in [-0.2, 0) is 17.8 Å². The van der Waals surface area contributed by atoms with E-state index in [0.717, 1.165) is 60.6 Å².